The van der Waals surface area contributed by atoms with Gasteiger partial charge in [0.1, 0.15) is 5.82 Å². The molecule has 0 aliphatic carbocycles. The van der Waals surface area contributed by atoms with Crippen LogP contribution in [0.1, 0.15) is 36.7 Å². The molecule has 2 amide bonds. The zero-order valence-electron chi connectivity index (χ0n) is 14.1. The van der Waals surface area contributed by atoms with Crippen molar-refractivity contribution in [1.82, 2.24) is 15.1 Å². The molecule has 0 atom stereocenters. The molecule has 1 aromatic heterocycles. The van der Waals surface area contributed by atoms with Crippen LogP contribution >= 0.6 is 11.6 Å². The predicted molar refractivity (Wildman–Crippen MR) is 94.1 cm³/mol. The largest absolute Gasteiger partial charge is 0.338 e. The van der Waals surface area contributed by atoms with Gasteiger partial charge in [-0.25, -0.2) is 9.18 Å². The number of aryl methyl sites for hydroxylation is 1. The maximum Gasteiger partial charge on any atom is 0.319 e. The van der Waals surface area contributed by atoms with Gasteiger partial charge in [0, 0.05) is 11.6 Å². The van der Waals surface area contributed by atoms with E-state index in [4.69, 9.17) is 11.6 Å². The Bertz CT molecular complexity index is 730. The molecule has 2 aromatic rings. The van der Waals surface area contributed by atoms with E-state index >= 15 is 0 Å². The van der Waals surface area contributed by atoms with Crippen molar-refractivity contribution < 1.29 is 9.18 Å². The van der Waals surface area contributed by atoms with E-state index < -0.39 is 0 Å². The summed E-state index contributed by atoms with van der Waals surface area (Å²) >= 11 is 6.07. The summed E-state index contributed by atoms with van der Waals surface area (Å²) in [6.45, 7) is 6.82. The number of hydrogen-bond donors (Lipinski definition) is 2. The van der Waals surface area contributed by atoms with Gasteiger partial charge in [-0.3, -0.25) is 4.68 Å². The van der Waals surface area contributed by atoms with Crippen LogP contribution in [0.4, 0.5) is 14.9 Å². The Hall–Kier alpha value is -2.08. The average molecular weight is 353 g/mol. The molecule has 2 rings (SSSR count). The second kappa shape index (κ2) is 8.15. The van der Waals surface area contributed by atoms with E-state index in [-0.39, 0.29) is 11.8 Å². The van der Waals surface area contributed by atoms with Crippen molar-refractivity contribution in [3.8, 4) is 0 Å². The summed E-state index contributed by atoms with van der Waals surface area (Å²) in [5, 5.41) is 10.4. The summed E-state index contributed by atoms with van der Waals surface area (Å²) in [5.41, 5.74) is 2.99. The number of nitrogens with one attached hydrogen (secondary N) is 2. The van der Waals surface area contributed by atoms with E-state index in [1.165, 1.54) is 12.1 Å². The van der Waals surface area contributed by atoms with Crippen LogP contribution in [-0.4, -0.2) is 22.4 Å². The minimum atomic E-state index is -0.372. The van der Waals surface area contributed by atoms with Gasteiger partial charge in [0.15, 0.2) is 0 Å². The van der Waals surface area contributed by atoms with Crippen molar-refractivity contribution in [3.05, 3.63) is 46.0 Å². The lowest BCUT2D eigenvalue weighted by Gasteiger charge is -2.09. The molecule has 24 heavy (non-hydrogen) atoms. The van der Waals surface area contributed by atoms with E-state index in [1.54, 1.807) is 10.7 Å². The summed E-state index contributed by atoms with van der Waals surface area (Å²) in [6, 6.07) is 4.04. The molecule has 0 spiro atoms. The highest BCUT2D eigenvalue weighted by Gasteiger charge is 2.15. The number of anilines is 1. The lowest BCUT2D eigenvalue weighted by Crippen LogP contribution is -2.29. The first kappa shape index (κ1) is 18.3. The number of nitrogens with zero attached hydrogens (tertiary/aromatic N) is 2. The van der Waals surface area contributed by atoms with Gasteiger partial charge in [-0.05, 0) is 38.0 Å². The van der Waals surface area contributed by atoms with Gasteiger partial charge < -0.3 is 10.6 Å². The lowest BCUT2D eigenvalue weighted by molar-refractivity contribution is 0.252. The zero-order valence-corrected chi connectivity index (χ0v) is 14.9. The monoisotopic (exact) mass is 352 g/mol. The Morgan fingerprint density at radius 2 is 2.12 bits per heavy atom. The molecule has 7 heteroatoms. The highest BCUT2D eigenvalue weighted by Crippen LogP contribution is 2.23. The Morgan fingerprint density at radius 3 is 2.79 bits per heavy atom. The molecule has 0 unspecified atom stereocenters. The molecule has 1 aromatic carbocycles. The van der Waals surface area contributed by atoms with Crippen molar-refractivity contribution in [2.45, 2.75) is 40.2 Å². The van der Waals surface area contributed by atoms with Crippen molar-refractivity contribution >= 4 is 23.3 Å². The lowest BCUT2D eigenvalue weighted by atomic mass is 10.2. The number of rotatable bonds is 6. The quantitative estimate of drug-likeness (QED) is 0.763. The molecule has 0 aliphatic rings. The number of carbonyl (C=O) groups is 1. The number of urea groups is 1. The van der Waals surface area contributed by atoms with Crippen LogP contribution in [0.15, 0.2) is 18.2 Å². The Morgan fingerprint density at radius 1 is 1.38 bits per heavy atom. The van der Waals surface area contributed by atoms with E-state index in [9.17, 15) is 9.18 Å². The number of amides is 2. The highest BCUT2D eigenvalue weighted by molar-refractivity contribution is 6.31. The molecule has 0 fully saturated rings. The van der Waals surface area contributed by atoms with Crippen LogP contribution in [0, 0.1) is 19.7 Å². The van der Waals surface area contributed by atoms with Crippen molar-refractivity contribution in [2.75, 3.05) is 11.9 Å². The third kappa shape index (κ3) is 4.47. The Kier molecular flexibility index (Phi) is 6.20. The molecule has 5 nitrogen and oxygen atoms in total. The maximum atomic E-state index is 13.1. The smallest absolute Gasteiger partial charge is 0.319 e. The fourth-order valence-corrected chi connectivity index (χ4v) is 2.61. The molecule has 2 N–H and O–H groups in total. The fourth-order valence-electron chi connectivity index (χ4n) is 2.38. The summed E-state index contributed by atoms with van der Waals surface area (Å²) in [4.78, 5) is 11.9. The van der Waals surface area contributed by atoms with Crippen LogP contribution in [-0.2, 0) is 6.54 Å². The van der Waals surface area contributed by atoms with E-state index in [0.29, 0.717) is 23.8 Å². The molecule has 0 saturated carbocycles. The molecule has 1 heterocycles. The van der Waals surface area contributed by atoms with E-state index in [1.807, 2.05) is 13.8 Å². The second-order valence-electron chi connectivity index (χ2n) is 5.67. The number of halogens is 2. The van der Waals surface area contributed by atoms with Crippen molar-refractivity contribution in [1.29, 1.82) is 0 Å². The maximum absolute atomic E-state index is 13.1. The molecule has 0 radical (unpaired) electrons. The standard InChI is InChI=1S/C17H22ClFN4O/c1-4-5-8-20-17(24)21-16-11(2)22-23(12(16)3)10-13-6-7-14(19)9-15(13)18/h6-7,9H,4-5,8,10H2,1-3H3,(H2,20,21,24). The van der Waals surface area contributed by atoms with Crippen LogP contribution in [0.25, 0.3) is 0 Å². The van der Waals surface area contributed by atoms with Crippen LogP contribution in [0.2, 0.25) is 5.02 Å². The summed E-state index contributed by atoms with van der Waals surface area (Å²) < 4.78 is 14.9. The fraction of sp³-hybridized carbons (Fsp3) is 0.412. The van der Waals surface area contributed by atoms with Crippen molar-refractivity contribution in [3.63, 3.8) is 0 Å². The molecule has 0 bridgehead atoms. The van der Waals surface area contributed by atoms with Gasteiger partial charge >= 0.3 is 6.03 Å². The van der Waals surface area contributed by atoms with Gasteiger partial charge in [0.05, 0.1) is 23.6 Å². The number of carbonyl (C=O) groups excluding carboxylic acids is 1. The third-order valence-electron chi connectivity index (χ3n) is 3.77. The van der Waals surface area contributed by atoms with E-state index in [2.05, 4.69) is 22.7 Å². The number of aromatic nitrogens is 2. The normalized spacial score (nSPS) is 10.7. The number of benzene rings is 1. The molecular weight excluding hydrogens is 331 g/mol. The van der Waals surface area contributed by atoms with Gasteiger partial charge in [0.25, 0.3) is 0 Å². The summed E-state index contributed by atoms with van der Waals surface area (Å²) in [7, 11) is 0. The number of hydrogen-bond acceptors (Lipinski definition) is 2. The van der Waals surface area contributed by atoms with Crippen molar-refractivity contribution in [2.24, 2.45) is 0 Å². The van der Waals surface area contributed by atoms with Gasteiger partial charge in [-0.15, -0.1) is 0 Å². The SMILES string of the molecule is CCCCNC(=O)Nc1c(C)nn(Cc2ccc(F)cc2Cl)c1C. The topological polar surface area (TPSA) is 59.0 Å². The first-order chi connectivity index (χ1) is 11.4. The number of unbranched alkanes of at least 4 members (excludes halogenated alkanes) is 1. The predicted octanol–water partition coefficient (Wildman–Crippen LogP) is 4.26. The molecule has 130 valence electrons. The third-order valence-corrected chi connectivity index (χ3v) is 4.12. The van der Waals surface area contributed by atoms with Crippen LogP contribution in [0.3, 0.4) is 0 Å². The van der Waals surface area contributed by atoms with E-state index in [0.717, 1.165) is 29.8 Å². The summed E-state index contributed by atoms with van der Waals surface area (Å²) in [6.07, 6.45) is 1.96. The minimum absolute atomic E-state index is 0.242. The highest BCUT2D eigenvalue weighted by atomic mass is 35.5. The second-order valence-corrected chi connectivity index (χ2v) is 6.08. The summed E-state index contributed by atoms with van der Waals surface area (Å²) in [5.74, 6) is -0.372. The van der Waals surface area contributed by atoms with Gasteiger partial charge in [-0.1, -0.05) is 31.0 Å². The Labute approximate surface area is 146 Å². The first-order valence-electron chi connectivity index (χ1n) is 7.95. The average Bonchev–Trinajstić information content (AvgIpc) is 2.78. The van der Waals surface area contributed by atoms with Gasteiger partial charge in [0.2, 0.25) is 0 Å². The van der Waals surface area contributed by atoms with Crippen LogP contribution < -0.4 is 10.6 Å². The molecular formula is C17H22ClFN4O. The Balaban J connectivity index is 2.12. The molecule has 0 saturated heterocycles. The van der Waals surface area contributed by atoms with Gasteiger partial charge in [-0.2, -0.15) is 5.10 Å². The minimum Gasteiger partial charge on any atom is -0.338 e. The first-order valence-corrected chi connectivity index (χ1v) is 8.33. The van der Waals surface area contributed by atoms with Crippen LogP contribution in [0.5, 0.6) is 0 Å². The zero-order chi connectivity index (χ0) is 17.7. The molecule has 0 aliphatic heterocycles.